The molecule has 96 valence electrons. The van der Waals surface area contributed by atoms with E-state index in [4.69, 9.17) is 11.6 Å². The van der Waals surface area contributed by atoms with Crippen LogP contribution in [0.25, 0.3) is 0 Å². The quantitative estimate of drug-likeness (QED) is 0.824. The van der Waals surface area contributed by atoms with E-state index in [1.54, 1.807) is 0 Å². The van der Waals surface area contributed by atoms with E-state index in [-0.39, 0.29) is 5.54 Å². The van der Waals surface area contributed by atoms with Crippen molar-refractivity contribution in [2.45, 2.75) is 53.1 Å². The van der Waals surface area contributed by atoms with Crippen LogP contribution in [0.4, 0.5) is 0 Å². The van der Waals surface area contributed by atoms with Gasteiger partial charge in [0.05, 0.1) is 0 Å². The van der Waals surface area contributed by atoms with E-state index in [0.29, 0.717) is 5.41 Å². The summed E-state index contributed by atoms with van der Waals surface area (Å²) in [7, 11) is 0. The molecule has 0 unspecified atom stereocenters. The lowest BCUT2D eigenvalue weighted by atomic mass is 9.82. The van der Waals surface area contributed by atoms with Crippen LogP contribution in [0, 0.1) is 5.41 Å². The molecular weight excluding hydrogens is 230 g/mol. The molecule has 0 fully saturated rings. The summed E-state index contributed by atoms with van der Waals surface area (Å²) in [5.74, 6) is 0. The molecule has 0 spiro atoms. The summed E-state index contributed by atoms with van der Waals surface area (Å²) in [6.07, 6.45) is 1.15. The van der Waals surface area contributed by atoms with Gasteiger partial charge in [-0.2, -0.15) is 0 Å². The Balaban J connectivity index is 2.52. The number of benzene rings is 1. The highest BCUT2D eigenvalue weighted by Gasteiger charge is 2.24. The molecule has 0 aliphatic heterocycles. The smallest absolute Gasteiger partial charge is 0.0406 e. The third-order valence-electron chi connectivity index (χ3n) is 2.66. The molecule has 0 heterocycles. The molecule has 0 saturated carbocycles. The van der Waals surface area contributed by atoms with Gasteiger partial charge in [-0.25, -0.2) is 0 Å². The number of rotatable bonds is 4. The third-order valence-corrected chi connectivity index (χ3v) is 2.91. The van der Waals surface area contributed by atoms with Crippen molar-refractivity contribution in [2.75, 3.05) is 0 Å². The average molecular weight is 254 g/mol. The van der Waals surface area contributed by atoms with E-state index in [0.717, 1.165) is 18.0 Å². The molecule has 0 aliphatic carbocycles. The number of nitrogens with one attached hydrogen (secondary N) is 1. The Bertz CT molecular complexity index is 346. The number of hydrogen-bond acceptors (Lipinski definition) is 1. The molecule has 17 heavy (non-hydrogen) atoms. The van der Waals surface area contributed by atoms with Crippen molar-refractivity contribution < 1.29 is 0 Å². The summed E-state index contributed by atoms with van der Waals surface area (Å²) < 4.78 is 0. The van der Waals surface area contributed by atoms with Gasteiger partial charge in [0.25, 0.3) is 0 Å². The van der Waals surface area contributed by atoms with Gasteiger partial charge in [-0.05, 0) is 43.4 Å². The summed E-state index contributed by atoms with van der Waals surface area (Å²) in [4.78, 5) is 0. The van der Waals surface area contributed by atoms with Crippen molar-refractivity contribution in [3.05, 3.63) is 34.9 Å². The Labute approximate surface area is 111 Å². The molecule has 0 aromatic heterocycles. The fraction of sp³-hybridized carbons (Fsp3) is 0.600. The Kier molecular flexibility index (Phi) is 4.62. The highest BCUT2D eigenvalue weighted by molar-refractivity contribution is 6.30. The molecule has 0 saturated heterocycles. The van der Waals surface area contributed by atoms with E-state index in [1.165, 1.54) is 5.56 Å². The second-order valence-corrected chi connectivity index (χ2v) is 7.04. The molecule has 0 aliphatic rings. The summed E-state index contributed by atoms with van der Waals surface area (Å²) in [5, 5.41) is 4.40. The molecule has 2 heteroatoms. The first-order chi connectivity index (χ1) is 7.68. The van der Waals surface area contributed by atoms with Crippen LogP contribution in [0.3, 0.4) is 0 Å². The summed E-state index contributed by atoms with van der Waals surface area (Å²) in [6.45, 7) is 12.2. The minimum atomic E-state index is 0.151. The molecular formula is C15H24ClN. The molecule has 1 aromatic rings. The Morgan fingerprint density at radius 3 is 2.00 bits per heavy atom. The molecule has 0 radical (unpaired) electrons. The van der Waals surface area contributed by atoms with Gasteiger partial charge in [-0.1, -0.05) is 44.5 Å². The van der Waals surface area contributed by atoms with Crippen LogP contribution < -0.4 is 5.32 Å². The Morgan fingerprint density at radius 1 is 1.00 bits per heavy atom. The summed E-state index contributed by atoms with van der Waals surface area (Å²) in [6, 6.07) is 8.02. The first kappa shape index (κ1) is 14.5. The van der Waals surface area contributed by atoms with Gasteiger partial charge in [0.2, 0.25) is 0 Å². The molecule has 1 N–H and O–H groups in total. The fourth-order valence-corrected chi connectivity index (χ4v) is 2.46. The third kappa shape index (κ3) is 6.09. The monoisotopic (exact) mass is 253 g/mol. The maximum Gasteiger partial charge on any atom is 0.0406 e. The lowest BCUT2D eigenvalue weighted by Crippen LogP contribution is -2.41. The van der Waals surface area contributed by atoms with Crippen molar-refractivity contribution in [3.8, 4) is 0 Å². The Hall–Kier alpha value is -0.530. The zero-order chi connectivity index (χ0) is 13.1. The number of hydrogen-bond donors (Lipinski definition) is 1. The lowest BCUT2D eigenvalue weighted by Gasteiger charge is -2.33. The van der Waals surface area contributed by atoms with Crippen LogP contribution in [-0.2, 0) is 6.54 Å². The topological polar surface area (TPSA) is 12.0 Å². The van der Waals surface area contributed by atoms with Gasteiger partial charge in [-0.15, -0.1) is 0 Å². The van der Waals surface area contributed by atoms with Gasteiger partial charge < -0.3 is 5.32 Å². The van der Waals surface area contributed by atoms with Crippen molar-refractivity contribution in [1.29, 1.82) is 0 Å². The van der Waals surface area contributed by atoms with E-state index < -0.39 is 0 Å². The zero-order valence-electron chi connectivity index (χ0n) is 11.6. The highest BCUT2D eigenvalue weighted by Crippen LogP contribution is 2.27. The predicted molar refractivity (Wildman–Crippen MR) is 76.4 cm³/mol. The van der Waals surface area contributed by atoms with Crippen LogP contribution in [0.5, 0.6) is 0 Å². The van der Waals surface area contributed by atoms with Crippen LogP contribution in [0.2, 0.25) is 5.02 Å². The van der Waals surface area contributed by atoms with Crippen molar-refractivity contribution in [1.82, 2.24) is 5.32 Å². The molecule has 0 bridgehead atoms. The largest absolute Gasteiger partial charge is 0.308 e. The van der Waals surface area contributed by atoms with Crippen molar-refractivity contribution in [3.63, 3.8) is 0 Å². The normalized spacial score (nSPS) is 12.8. The van der Waals surface area contributed by atoms with Crippen LogP contribution >= 0.6 is 11.6 Å². The summed E-state index contributed by atoms with van der Waals surface area (Å²) in [5.41, 5.74) is 1.77. The van der Waals surface area contributed by atoms with E-state index in [2.05, 4.69) is 52.1 Å². The van der Waals surface area contributed by atoms with Gasteiger partial charge in [0, 0.05) is 17.1 Å². The van der Waals surface area contributed by atoms with Crippen LogP contribution in [0.1, 0.15) is 46.6 Å². The zero-order valence-corrected chi connectivity index (χ0v) is 12.4. The predicted octanol–water partition coefficient (Wildman–Crippen LogP) is 4.64. The highest BCUT2D eigenvalue weighted by atomic mass is 35.5. The second-order valence-electron chi connectivity index (χ2n) is 6.60. The Morgan fingerprint density at radius 2 is 1.53 bits per heavy atom. The van der Waals surface area contributed by atoms with Crippen LogP contribution in [-0.4, -0.2) is 5.54 Å². The van der Waals surface area contributed by atoms with E-state index in [1.807, 2.05) is 12.1 Å². The van der Waals surface area contributed by atoms with Gasteiger partial charge in [0.15, 0.2) is 0 Å². The average Bonchev–Trinajstić information content (AvgIpc) is 2.13. The first-order valence-corrected chi connectivity index (χ1v) is 6.55. The molecule has 1 aromatic carbocycles. The van der Waals surface area contributed by atoms with E-state index >= 15 is 0 Å². The van der Waals surface area contributed by atoms with Crippen molar-refractivity contribution >= 4 is 11.6 Å². The molecule has 1 rings (SSSR count). The first-order valence-electron chi connectivity index (χ1n) is 6.17. The molecule has 1 nitrogen and oxygen atoms in total. The minimum Gasteiger partial charge on any atom is -0.308 e. The van der Waals surface area contributed by atoms with Gasteiger partial charge >= 0.3 is 0 Å². The fourth-order valence-electron chi connectivity index (χ4n) is 2.33. The minimum absolute atomic E-state index is 0.151. The number of halogens is 1. The second kappa shape index (κ2) is 5.41. The van der Waals surface area contributed by atoms with Crippen LogP contribution in [0.15, 0.2) is 24.3 Å². The standard InChI is InChI=1S/C15H24ClN/c1-14(2,3)11-15(4,5)17-10-12-6-8-13(16)9-7-12/h6-9,17H,10-11H2,1-5H3. The summed E-state index contributed by atoms with van der Waals surface area (Å²) >= 11 is 5.87. The molecule has 0 atom stereocenters. The van der Waals surface area contributed by atoms with Gasteiger partial charge in [0.1, 0.15) is 0 Å². The van der Waals surface area contributed by atoms with Gasteiger partial charge in [-0.3, -0.25) is 0 Å². The van der Waals surface area contributed by atoms with E-state index in [9.17, 15) is 0 Å². The SMILES string of the molecule is CC(C)(C)CC(C)(C)NCc1ccc(Cl)cc1. The maximum absolute atomic E-state index is 5.87. The maximum atomic E-state index is 5.87. The van der Waals surface area contributed by atoms with Crippen molar-refractivity contribution in [2.24, 2.45) is 5.41 Å². The lowest BCUT2D eigenvalue weighted by molar-refractivity contribution is 0.241. The molecule has 0 amide bonds.